The number of pyridine rings is 1. The monoisotopic (exact) mass is 475 g/mol. The number of aromatic nitrogens is 1. The highest BCUT2D eigenvalue weighted by molar-refractivity contribution is 6.15. The first-order valence-corrected chi connectivity index (χ1v) is 11.7. The number of nitrogens with zero attached hydrogens (tertiary/aromatic N) is 1. The molecule has 0 saturated carbocycles. The van der Waals surface area contributed by atoms with Crippen molar-refractivity contribution in [1.29, 1.82) is 0 Å². The minimum absolute atomic E-state index is 0.0999. The number of rotatable bonds is 5. The number of hydrogen-bond acceptors (Lipinski definition) is 6. The van der Waals surface area contributed by atoms with Crippen LogP contribution in [0.4, 0.5) is 0 Å². The van der Waals surface area contributed by atoms with Crippen LogP contribution in [-0.2, 0) is 11.4 Å². The molecule has 1 aromatic heterocycles. The molecular formula is C30H21NO5. The summed E-state index contributed by atoms with van der Waals surface area (Å²) in [5.41, 5.74) is 3.59. The van der Waals surface area contributed by atoms with Gasteiger partial charge < -0.3 is 14.2 Å². The second-order valence-corrected chi connectivity index (χ2v) is 8.58. The molecule has 6 heteroatoms. The van der Waals surface area contributed by atoms with Crippen LogP contribution in [0, 0.1) is 0 Å². The van der Waals surface area contributed by atoms with Gasteiger partial charge in [0.2, 0.25) is 5.78 Å². The molecule has 0 aliphatic carbocycles. The summed E-state index contributed by atoms with van der Waals surface area (Å²) >= 11 is 0. The summed E-state index contributed by atoms with van der Waals surface area (Å²) in [4.78, 5) is 30.1. The van der Waals surface area contributed by atoms with E-state index in [9.17, 15) is 9.59 Å². The minimum Gasteiger partial charge on any atom is -0.487 e. The Labute approximate surface area is 207 Å². The van der Waals surface area contributed by atoms with E-state index in [0.29, 0.717) is 28.4 Å². The van der Waals surface area contributed by atoms with Gasteiger partial charge in [-0.15, -0.1) is 0 Å². The molecular weight excluding hydrogens is 454 g/mol. The first kappa shape index (κ1) is 21.8. The highest BCUT2D eigenvalue weighted by atomic mass is 16.5. The first-order valence-electron chi connectivity index (χ1n) is 11.7. The van der Waals surface area contributed by atoms with Gasteiger partial charge in [0.25, 0.3) is 0 Å². The molecule has 0 N–H and O–H groups in total. The van der Waals surface area contributed by atoms with E-state index >= 15 is 0 Å². The summed E-state index contributed by atoms with van der Waals surface area (Å²) in [5, 5.41) is 0. The fourth-order valence-electron chi connectivity index (χ4n) is 4.61. The van der Waals surface area contributed by atoms with Crippen LogP contribution >= 0.6 is 0 Å². The number of carbonyl (C=O) groups excluding carboxylic acids is 2. The number of carbonyl (C=O) groups is 2. The lowest BCUT2D eigenvalue weighted by Crippen LogP contribution is -2.22. The zero-order valence-electron chi connectivity index (χ0n) is 19.2. The van der Waals surface area contributed by atoms with E-state index in [1.807, 2.05) is 72.8 Å². The predicted molar refractivity (Wildman–Crippen MR) is 133 cm³/mol. The summed E-state index contributed by atoms with van der Waals surface area (Å²) in [5.74, 6) is 0.735. The van der Waals surface area contributed by atoms with Crippen molar-refractivity contribution in [3.05, 3.63) is 125 Å². The molecule has 6 nitrogen and oxygen atoms in total. The zero-order valence-corrected chi connectivity index (χ0v) is 19.2. The van der Waals surface area contributed by atoms with E-state index in [2.05, 4.69) is 4.98 Å². The van der Waals surface area contributed by atoms with Gasteiger partial charge in [0.05, 0.1) is 17.7 Å². The smallest absolute Gasteiger partial charge is 0.312 e. The summed E-state index contributed by atoms with van der Waals surface area (Å²) in [6.07, 6.45) is 3.54. The Morgan fingerprint density at radius 1 is 0.889 bits per heavy atom. The molecule has 0 unspecified atom stereocenters. The van der Waals surface area contributed by atoms with Gasteiger partial charge >= 0.3 is 5.97 Å². The van der Waals surface area contributed by atoms with Gasteiger partial charge in [-0.05, 0) is 42.0 Å². The van der Waals surface area contributed by atoms with Gasteiger partial charge in [-0.1, -0.05) is 54.6 Å². The number of benzene rings is 3. The Kier molecular flexibility index (Phi) is 5.54. The molecule has 3 heterocycles. The highest BCUT2D eigenvalue weighted by Crippen LogP contribution is 2.50. The lowest BCUT2D eigenvalue weighted by Gasteiger charge is -2.27. The van der Waals surface area contributed by atoms with Gasteiger partial charge in [0.15, 0.2) is 5.76 Å². The van der Waals surface area contributed by atoms with Crippen LogP contribution in [0.15, 0.2) is 96.9 Å². The van der Waals surface area contributed by atoms with Crippen LogP contribution in [0.5, 0.6) is 17.2 Å². The van der Waals surface area contributed by atoms with E-state index in [-0.39, 0.29) is 30.5 Å². The van der Waals surface area contributed by atoms with E-state index in [1.165, 1.54) is 0 Å². The molecule has 1 atom stereocenters. The SMILES string of the molecule is O=C1C[C@H](c2ccccc2OCc2ccccn2)c2c(ccc3c2O/C(=C\c2ccccc2)C3=O)O1. The molecule has 6 rings (SSSR count). The van der Waals surface area contributed by atoms with Crippen molar-refractivity contribution in [1.82, 2.24) is 4.98 Å². The second-order valence-electron chi connectivity index (χ2n) is 8.58. The number of allylic oxidation sites excluding steroid dienone is 1. The van der Waals surface area contributed by atoms with Crippen LogP contribution < -0.4 is 14.2 Å². The van der Waals surface area contributed by atoms with Crippen molar-refractivity contribution in [3.63, 3.8) is 0 Å². The summed E-state index contributed by atoms with van der Waals surface area (Å²) < 4.78 is 17.8. The van der Waals surface area contributed by atoms with Crippen molar-refractivity contribution in [2.45, 2.75) is 18.9 Å². The Hall–Kier alpha value is -4.71. The molecule has 4 aromatic rings. The van der Waals surface area contributed by atoms with Crippen LogP contribution in [0.3, 0.4) is 0 Å². The molecule has 0 amide bonds. The predicted octanol–water partition coefficient (Wildman–Crippen LogP) is 5.72. The minimum atomic E-state index is -0.403. The fourth-order valence-corrected chi connectivity index (χ4v) is 4.61. The van der Waals surface area contributed by atoms with Gasteiger partial charge in [0, 0.05) is 23.2 Å². The van der Waals surface area contributed by atoms with Gasteiger partial charge in [0.1, 0.15) is 23.9 Å². The summed E-state index contributed by atoms with van der Waals surface area (Å²) in [6.45, 7) is 0.285. The maximum absolute atomic E-state index is 13.2. The van der Waals surface area contributed by atoms with Crippen molar-refractivity contribution < 1.29 is 23.8 Å². The Morgan fingerprint density at radius 2 is 1.69 bits per heavy atom. The standard InChI is InChI=1S/C30H21NO5/c32-27-17-23(21-11-4-5-12-24(21)34-18-20-10-6-7-15-31-20)28-25(35-27)14-13-22-29(33)26(36-30(22)28)16-19-8-2-1-3-9-19/h1-16,23H,17-18H2/b26-16-/t23-/m1/s1. The number of ketones is 1. The van der Waals surface area contributed by atoms with Gasteiger partial charge in [-0.3, -0.25) is 14.6 Å². The quantitative estimate of drug-likeness (QED) is 0.209. The number of hydrogen-bond donors (Lipinski definition) is 0. The number of esters is 1. The fraction of sp³-hybridized carbons (Fsp3) is 0.100. The number of Topliss-reactive ketones (excluding diaryl/α,β-unsaturated/α-hetero) is 1. The van der Waals surface area contributed by atoms with E-state index in [1.54, 1.807) is 24.4 Å². The summed E-state index contributed by atoms with van der Waals surface area (Å²) in [7, 11) is 0. The van der Waals surface area contributed by atoms with E-state index < -0.39 is 5.92 Å². The Balaban J connectivity index is 1.40. The Morgan fingerprint density at radius 3 is 2.53 bits per heavy atom. The van der Waals surface area contributed by atoms with Crippen molar-refractivity contribution in [2.75, 3.05) is 0 Å². The third-order valence-electron chi connectivity index (χ3n) is 6.27. The molecule has 0 spiro atoms. The zero-order chi connectivity index (χ0) is 24.5. The number of para-hydroxylation sites is 1. The first-order chi connectivity index (χ1) is 17.7. The van der Waals surface area contributed by atoms with Gasteiger partial charge in [-0.2, -0.15) is 0 Å². The molecule has 0 radical (unpaired) electrons. The topological polar surface area (TPSA) is 74.7 Å². The number of fused-ring (bicyclic) bond motifs is 3. The van der Waals surface area contributed by atoms with Crippen molar-refractivity contribution in [3.8, 4) is 17.2 Å². The van der Waals surface area contributed by atoms with Crippen LogP contribution in [0.1, 0.15) is 45.1 Å². The molecule has 2 aliphatic rings. The lowest BCUT2D eigenvalue weighted by molar-refractivity contribution is -0.135. The van der Waals surface area contributed by atoms with Crippen LogP contribution in [0.2, 0.25) is 0 Å². The summed E-state index contributed by atoms with van der Waals surface area (Å²) in [6, 6.07) is 26.1. The average Bonchev–Trinajstić information content (AvgIpc) is 3.23. The average molecular weight is 476 g/mol. The molecule has 0 fully saturated rings. The maximum Gasteiger partial charge on any atom is 0.312 e. The molecule has 3 aromatic carbocycles. The number of ether oxygens (including phenoxy) is 3. The van der Waals surface area contributed by atoms with Crippen molar-refractivity contribution >= 4 is 17.8 Å². The van der Waals surface area contributed by atoms with Crippen molar-refractivity contribution in [2.24, 2.45) is 0 Å². The van der Waals surface area contributed by atoms with E-state index in [4.69, 9.17) is 14.2 Å². The largest absolute Gasteiger partial charge is 0.487 e. The van der Waals surface area contributed by atoms with Crippen LogP contribution in [0.25, 0.3) is 6.08 Å². The lowest BCUT2D eigenvalue weighted by atomic mass is 9.84. The normalized spacial score (nSPS) is 17.2. The molecule has 2 aliphatic heterocycles. The van der Waals surface area contributed by atoms with Crippen LogP contribution in [-0.4, -0.2) is 16.7 Å². The highest BCUT2D eigenvalue weighted by Gasteiger charge is 2.39. The Bertz CT molecular complexity index is 1490. The van der Waals surface area contributed by atoms with E-state index in [0.717, 1.165) is 16.8 Å². The third-order valence-corrected chi connectivity index (χ3v) is 6.27. The molecule has 0 bridgehead atoms. The second kappa shape index (κ2) is 9.15. The molecule has 36 heavy (non-hydrogen) atoms. The maximum atomic E-state index is 13.2. The third kappa shape index (κ3) is 4.03. The van der Waals surface area contributed by atoms with Gasteiger partial charge in [-0.25, -0.2) is 0 Å². The molecule has 176 valence electrons. The molecule has 0 saturated heterocycles.